The first-order valence-corrected chi connectivity index (χ1v) is 6.76. The smallest absolute Gasteiger partial charge is 0.240 e. The number of hydrogen-bond acceptors (Lipinski definition) is 4. The van der Waals surface area contributed by atoms with Crippen LogP contribution in [0.25, 0.3) is 0 Å². The lowest BCUT2D eigenvalue weighted by molar-refractivity contribution is -0.128. The quantitative estimate of drug-likeness (QED) is 0.595. The maximum Gasteiger partial charge on any atom is 0.240 e. The van der Waals surface area contributed by atoms with Gasteiger partial charge >= 0.3 is 0 Å². The maximum absolute atomic E-state index is 11.6. The molecule has 0 saturated carbocycles. The fourth-order valence-corrected chi connectivity index (χ4v) is 1.71. The zero-order chi connectivity index (χ0) is 12.6. The second-order valence-electron chi connectivity index (χ2n) is 3.64. The van der Waals surface area contributed by atoms with Gasteiger partial charge in [0.25, 0.3) is 0 Å². The number of carbonyl (C=O) groups excluding carboxylic acids is 2. The molecular weight excluding hydrogens is 262 g/mol. The fourth-order valence-electron chi connectivity index (χ4n) is 1.24. The molecule has 0 spiro atoms. The molecule has 0 unspecified atom stereocenters. The molecular formula is C10H22ClN3O2S. The Hall–Kier alpha value is -0.460. The van der Waals surface area contributed by atoms with Crippen molar-refractivity contribution in [2.45, 2.75) is 38.3 Å². The predicted octanol–water partition coefficient (Wildman–Crippen LogP) is 0.259. The van der Waals surface area contributed by atoms with Crippen LogP contribution in [0, 0.1) is 0 Å². The first-order chi connectivity index (χ1) is 7.52. The van der Waals surface area contributed by atoms with Crippen LogP contribution in [0.5, 0.6) is 0 Å². The topological polar surface area (TPSA) is 98.2 Å². The summed E-state index contributed by atoms with van der Waals surface area (Å²) >= 11 is 1.60. The van der Waals surface area contributed by atoms with E-state index in [1.54, 1.807) is 11.8 Å². The highest BCUT2D eigenvalue weighted by Crippen LogP contribution is 2.01. The third-order valence-corrected chi connectivity index (χ3v) is 2.85. The van der Waals surface area contributed by atoms with Gasteiger partial charge < -0.3 is 16.8 Å². The van der Waals surface area contributed by atoms with Crippen molar-refractivity contribution >= 4 is 36.0 Å². The lowest BCUT2D eigenvalue weighted by Crippen LogP contribution is -2.50. The van der Waals surface area contributed by atoms with Crippen LogP contribution < -0.4 is 16.8 Å². The van der Waals surface area contributed by atoms with Crippen LogP contribution in [-0.2, 0) is 9.59 Å². The number of rotatable bonds is 8. The standard InChI is InChI=1S/C10H21N3O2S.ClH/c1-3-4-7(11)10(15)13-8(9(12)14)5-6-16-2;/h7-8H,3-6,11H2,1-2H3,(H2,12,14)(H,13,15);1H/t7-,8-;/m0./s1. The molecule has 17 heavy (non-hydrogen) atoms. The fraction of sp³-hybridized carbons (Fsp3) is 0.800. The molecule has 0 saturated heterocycles. The molecule has 0 heterocycles. The number of primary amides is 1. The summed E-state index contributed by atoms with van der Waals surface area (Å²) in [7, 11) is 0. The predicted molar refractivity (Wildman–Crippen MR) is 74.3 cm³/mol. The van der Waals surface area contributed by atoms with Crippen molar-refractivity contribution in [3.63, 3.8) is 0 Å². The van der Waals surface area contributed by atoms with E-state index in [1.165, 1.54) is 0 Å². The molecule has 0 fully saturated rings. The van der Waals surface area contributed by atoms with E-state index in [2.05, 4.69) is 5.32 Å². The summed E-state index contributed by atoms with van der Waals surface area (Å²) in [5.41, 5.74) is 10.8. The van der Waals surface area contributed by atoms with E-state index in [4.69, 9.17) is 11.5 Å². The number of thioether (sulfide) groups is 1. The van der Waals surface area contributed by atoms with Crippen LogP contribution in [0.15, 0.2) is 0 Å². The largest absolute Gasteiger partial charge is 0.368 e. The molecule has 2 amide bonds. The van der Waals surface area contributed by atoms with Crippen molar-refractivity contribution in [1.29, 1.82) is 0 Å². The van der Waals surface area contributed by atoms with E-state index in [9.17, 15) is 9.59 Å². The Morgan fingerprint density at radius 3 is 2.35 bits per heavy atom. The van der Waals surface area contributed by atoms with E-state index in [0.29, 0.717) is 12.8 Å². The molecule has 2 atom stereocenters. The Bertz CT molecular complexity index is 242. The summed E-state index contributed by atoms with van der Waals surface area (Å²) in [6.45, 7) is 1.95. The van der Waals surface area contributed by atoms with Gasteiger partial charge in [0.05, 0.1) is 6.04 Å². The minimum absolute atomic E-state index is 0. The summed E-state index contributed by atoms with van der Waals surface area (Å²) in [5.74, 6) is -0.0328. The van der Waals surface area contributed by atoms with E-state index in [1.807, 2.05) is 13.2 Å². The van der Waals surface area contributed by atoms with Crippen molar-refractivity contribution in [3.05, 3.63) is 0 Å². The van der Waals surface area contributed by atoms with Crippen molar-refractivity contribution < 1.29 is 9.59 Å². The molecule has 0 aromatic rings. The second-order valence-corrected chi connectivity index (χ2v) is 4.63. The lowest BCUT2D eigenvalue weighted by Gasteiger charge is -2.17. The molecule has 5 nitrogen and oxygen atoms in total. The van der Waals surface area contributed by atoms with Crippen molar-refractivity contribution in [1.82, 2.24) is 5.32 Å². The van der Waals surface area contributed by atoms with Crippen LogP contribution in [-0.4, -0.2) is 35.9 Å². The van der Waals surface area contributed by atoms with Crippen LogP contribution in [0.2, 0.25) is 0 Å². The molecule has 0 aliphatic heterocycles. The van der Waals surface area contributed by atoms with Crippen molar-refractivity contribution in [2.24, 2.45) is 11.5 Å². The Kier molecular flexibility index (Phi) is 11.9. The van der Waals surface area contributed by atoms with Gasteiger partial charge in [-0.3, -0.25) is 9.59 Å². The molecule has 0 aromatic heterocycles. The van der Waals surface area contributed by atoms with Gasteiger partial charge in [-0.2, -0.15) is 11.8 Å². The number of hydrogen-bond donors (Lipinski definition) is 3. The van der Waals surface area contributed by atoms with Crippen LogP contribution in [0.4, 0.5) is 0 Å². The van der Waals surface area contributed by atoms with E-state index >= 15 is 0 Å². The highest BCUT2D eigenvalue weighted by Gasteiger charge is 2.20. The first kappa shape index (κ1) is 18.9. The van der Waals surface area contributed by atoms with Gasteiger partial charge in [0.15, 0.2) is 0 Å². The van der Waals surface area contributed by atoms with Gasteiger partial charge in [0.2, 0.25) is 11.8 Å². The first-order valence-electron chi connectivity index (χ1n) is 5.37. The highest BCUT2D eigenvalue weighted by molar-refractivity contribution is 7.98. The Morgan fingerprint density at radius 2 is 1.94 bits per heavy atom. The van der Waals surface area contributed by atoms with E-state index < -0.39 is 18.0 Å². The van der Waals surface area contributed by atoms with Crippen LogP contribution >= 0.6 is 24.2 Å². The molecule has 0 aromatic carbocycles. The van der Waals surface area contributed by atoms with Gasteiger partial charge in [-0.15, -0.1) is 12.4 Å². The van der Waals surface area contributed by atoms with E-state index in [0.717, 1.165) is 12.2 Å². The van der Waals surface area contributed by atoms with Crippen molar-refractivity contribution in [2.75, 3.05) is 12.0 Å². The highest BCUT2D eigenvalue weighted by atomic mass is 35.5. The molecule has 0 bridgehead atoms. The normalized spacial score (nSPS) is 13.4. The van der Waals surface area contributed by atoms with Gasteiger partial charge in [-0.25, -0.2) is 0 Å². The van der Waals surface area contributed by atoms with Gasteiger partial charge in [-0.05, 0) is 24.9 Å². The Labute approximate surface area is 113 Å². The van der Waals surface area contributed by atoms with Crippen LogP contribution in [0.1, 0.15) is 26.2 Å². The number of nitrogens with one attached hydrogen (secondary N) is 1. The molecule has 0 radical (unpaired) electrons. The number of nitrogens with two attached hydrogens (primary N) is 2. The third-order valence-electron chi connectivity index (χ3n) is 2.21. The third kappa shape index (κ3) is 8.29. The molecule has 0 aliphatic rings. The molecule has 0 aliphatic carbocycles. The number of amides is 2. The Balaban J connectivity index is 0. The molecule has 7 heteroatoms. The van der Waals surface area contributed by atoms with Gasteiger partial charge in [0.1, 0.15) is 6.04 Å². The summed E-state index contributed by atoms with van der Waals surface area (Å²) in [6.07, 6.45) is 3.92. The summed E-state index contributed by atoms with van der Waals surface area (Å²) in [6, 6.07) is -1.16. The lowest BCUT2D eigenvalue weighted by atomic mass is 10.1. The van der Waals surface area contributed by atoms with Crippen LogP contribution in [0.3, 0.4) is 0 Å². The summed E-state index contributed by atoms with van der Waals surface area (Å²) in [4.78, 5) is 22.6. The minimum atomic E-state index is -0.608. The molecule has 0 rings (SSSR count). The number of carbonyl (C=O) groups is 2. The second kappa shape index (κ2) is 10.7. The van der Waals surface area contributed by atoms with Gasteiger partial charge in [-0.1, -0.05) is 13.3 Å². The monoisotopic (exact) mass is 283 g/mol. The zero-order valence-corrected chi connectivity index (χ0v) is 11.9. The Morgan fingerprint density at radius 1 is 1.35 bits per heavy atom. The summed E-state index contributed by atoms with van der Waals surface area (Å²) < 4.78 is 0. The van der Waals surface area contributed by atoms with Crippen molar-refractivity contribution in [3.8, 4) is 0 Å². The minimum Gasteiger partial charge on any atom is -0.368 e. The van der Waals surface area contributed by atoms with Gasteiger partial charge in [0, 0.05) is 0 Å². The molecule has 102 valence electrons. The summed E-state index contributed by atoms with van der Waals surface area (Å²) in [5, 5.41) is 2.58. The maximum atomic E-state index is 11.6. The molecule has 5 N–H and O–H groups in total. The zero-order valence-electron chi connectivity index (χ0n) is 10.3. The number of halogens is 1. The van der Waals surface area contributed by atoms with E-state index in [-0.39, 0.29) is 18.3 Å². The average Bonchev–Trinajstić information content (AvgIpc) is 2.23. The SMILES string of the molecule is CCC[C@H](N)C(=O)N[C@@H](CCSC)C(N)=O.Cl. The average molecular weight is 284 g/mol.